The zero-order valence-corrected chi connectivity index (χ0v) is 11.8. The van der Waals surface area contributed by atoms with E-state index in [0.717, 1.165) is 17.0 Å². The van der Waals surface area contributed by atoms with Crippen molar-refractivity contribution in [3.8, 4) is 17.0 Å². The summed E-state index contributed by atoms with van der Waals surface area (Å²) in [6.07, 6.45) is 0.663. The summed E-state index contributed by atoms with van der Waals surface area (Å²) in [5, 5.41) is 0. The van der Waals surface area contributed by atoms with Crippen molar-refractivity contribution in [3.05, 3.63) is 52.3 Å². The lowest BCUT2D eigenvalue weighted by molar-refractivity contribution is 0.112. The highest BCUT2D eigenvalue weighted by atomic mass is 16.5. The molecule has 2 aromatic rings. The second-order valence-electron chi connectivity index (χ2n) is 4.85. The van der Waals surface area contributed by atoms with Crippen LogP contribution in [0.1, 0.15) is 24.2 Å². The minimum atomic E-state index is -0.298. The number of benzene rings is 1. The largest absolute Gasteiger partial charge is 0.491 e. The molecule has 0 bridgehead atoms. The number of rotatable bonds is 4. The first-order valence-electron chi connectivity index (χ1n) is 6.45. The molecule has 0 N–H and O–H groups in total. The number of hydrogen-bond donors (Lipinski definition) is 0. The van der Waals surface area contributed by atoms with Crippen LogP contribution >= 0.6 is 0 Å². The predicted molar refractivity (Wildman–Crippen MR) is 78.3 cm³/mol. The molecule has 0 radical (unpaired) electrons. The van der Waals surface area contributed by atoms with Crippen molar-refractivity contribution >= 4 is 6.29 Å². The van der Waals surface area contributed by atoms with E-state index in [1.54, 1.807) is 19.2 Å². The molecule has 0 saturated heterocycles. The summed E-state index contributed by atoms with van der Waals surface area (Å²) in [6.45, 7) is 3.92. The van der Waals surface area contributed by atoms with Gasteiger partial charge in [-0.05, 0) is 38.1 Å². The molecule has 1 aromatic carbocycles. The number of carbonyl (C=O) groups excluding carboxylic acids is 1. The Morgan fingerprint density at radius 2 is 1.95 bits per heavy atom. The van der Waals surface area contributed by atoms with Crippen molar-refractivity contribution in [2.45, 2.75) is 20.0 Å². The molecule has 0 amide bonds. The van der Waals surface area contributed by atoms with Gasteiger partial charge in [0.1, 0.15) is 5.75 Å². The lowest BCUT2D eigenvalue weighted by Gasteiger charge is -2.13. The van der Waals surface area contributed by atoms with Gasteiger partial charge in [0.25, 0.3) is 5.56 Å². The van der Waals surface area contributed by atoms with Crippen molar-refractivity contribution in [1.82, 2.24) is 4.57 Å². The van der Waals surface area contributed by atoms with E-state index in [9.17, 15) is 9.59 Å². The number of pyridine rings is 1. The van der Waals surface area contributed by atoms with Crippen LogP contribution in [-0.4, -0.2) is 17.0 Å². The molecule has 104 valence electrons. The predicted octanol–water partition coefficient (Wildman–Crippen LogP) is 2.65. The molecule has 0 saturated carbocycles. The van der Waals surface area contributed by atoms with E-state index in [1.165, 1.54) is 4.57 Å². The van der Waals surface area contributed by atoms with E-state index in [0.29, 0.717) is 6.29 Å². The molecule has 4 heteroatoms. The smallest absolute Gasteiger partial charge is 0.261 e. The van der Waals surface area contributed by atoms with Crippen LogP contribution in [-0.2, 0) is 7.05 Å². The molecular weight excluding hydrogens is 254 g/mol. The van der Waals surface area contributed by atoms with Crippen molar-refractivity contribution in [1.29, 1.82) is 0 Å². The zero-order chi connectivity index (χ0) is 14.7. The Kier molecular flexibility index (Phi) is 4.03. The molecule has 0 aliphatic carbocycles. The lowest BCUT2D eigenvalue weighted by Crippen LogP contribution is -2.21. The first kappa shape index (κ1) is 14.1. The molecule has 0 spiro atoms. The van der Waals surface area contributed by atoms with Gasteiger partial charge >= 0.3 is 0 Å². The highest BCUT2D eigenvalue weighted by Gasteiger charge is 2.08. The van der Waals surface area contributed by atoms with Crippen LogP contribution in [0.25, 0.3) is 11.3 Å². The quantitative estimate of drug-likeness (QED) is 0.803. The summed E-state index contributed by atoms with van der Waals surface area (Å²) < 4.78 is 7.12. The van der Waals surface area contributed by atoms with Gasteiger partial charge < -0.3 is 9.30 Å². The average Bonchev–Trinajstić information content (AvgIpc) is 2.41. The highest BCUT2D eigenvalue weighted by Crippen LogP contribution is 2.23. The Morgan fingerprint density at radius 1 is 1.20 bits per heavy atom. The van der Waals surface area contributed by atoms with Gasteiger partial charge in [-0.2, -0.15) is 0 Å². The maximum Gasteiger partial charge on any atom is 0.261 e. The molecule has 0 fully saturated rings. The van der Waals surface area contributed by atoms with Gasteiger partial charge in [-0.25, -0.2) is 0 Å². The van der Waals surface area contributed by atoms with E-state index in [4.69, 9.17) is 4.74 Å². The topological polar surface area (TPSA) is 48.3 Å². The molecule has 1 aromatic heterocycles. The lowest BCUT2D eigenvalue weighted by atomic mass is 10.1. The molecule has 4 nitrogen and oxygen atoms in total. The van der Waals surface area contributed by atoms with E-state index in [1.807, 2.05) is 38.1 Å². The Balaban J connectivity index is 2.49. The maximum absolute atomic E-state index is 12.0. The Bertz CT molecular complexity index is 686. The third-order valence-electron chi connectivity index (χ3n) is 2.96. The summed E-state index contributed by atoms with van der Waals surface area (Å²) in [4.78, 5) is 22.7. The van der Waals surface area contributed by atoms with E-state index >= 15 is 0 Å². The molecule has 2 rings (SSSR count). The number of nitrogens with zero attached hydrogens (tertiary/aromatic N) is 1. The Labute approximate surface area is 117 Å². The number of hydrogen-bond acceptors (Lipinski definition) is 3. The van der Waals surface area contributed by atoms with Crippen LogP contribution in [0, 0.1) is 0 Å². The van der Waals surface area contributed by atoms with E-state index in [2.05, 4.69) is 0 Å². The number of aromatic nitrogens is 1. The molecular formula is C16H17NO3. The van der Waals surface area contributed by atoms with Crippen LogP contribution in [0.3, 0.4) is 0 Å². The fraction of sp³-hybridized carbons (Fsp3) is 0.250. The summed E-state index contributed by atoms with van der Waals surface area (Å²) in [6, 6.07) is 10.9. The summed E-state index contributed by atoms with van der Waals surface area (Å²) in [5.41, 5.74) is 1.48. The number of aldehydes is 1. The normalized spacial score (nSPS) is 10.6. The second-order valence-corrected chi connectivity index (χ2v) is 4.85. The standard InChI is InChI=1S/C16H17NO3/c1-11(2)20-14-6-4-5-12(9-14)15-8-7-13(10-18)16(19)17(15)3/h4-11H,1-3H3. The summed E-state index contributed by atoms with van der Waals surface area (Å²) >= 11 is 0. The highest BCUT2D eigenvalue weighted by molar-refractivity contribution is 5.75. The SMILES string of the molecule is CC(C)Oc1cccc(-c2ccc(C=O)c(=O)n2C)c1. The molecule has 1 heterocycles. The molecule has 0 atom stereocenters. The van der Waals surface area contributed by atoms with E-state index < -0.39 is 0 Å². The summed E-state index contributed by atoms with van der Waals surface area (Å²) in [7, 11) is 1.65. The van der Waals surface area contributed by atoms with Gasteiger partial charge in [0.05, 0.1) is 17.4 Å². The molecule has 20 heavy (non-hydrogen) atoms. The second kappa shape index (κ2) is 5.74. The minimum absolute atomic E-state index is 0.0894. The molecule has 0 aliphatic heterocycles. The first-order valence-corrected chi connectivity index (χ1v) is 6.45. The van der Waals surface area contributed by atoms with Crippen LogP contribution in [0.5, 0.6) is 5.75 Å². The zero-order valence-electron chi connectivity index (χ0n) is 11.8. The Morgan fingerprint density at radius 3 is 2.60 bits per heavy atom. The van der Waals surface area contributed by atoms with Crippen molar-refractivity contribution in [2.75, 3.05) is 0 Å². The monoisotopic (exact) mass is 271 g/mol. The van der Waals surface area contributed by atoms with Crippen LogP contribution in [0.2, 0.25) is 0 Å². The summed E-state index contributed by atoms with van der Waals surface area (Å²) in [5.74, 6) is 0.754. The molecule has 0 unspecified atom stereocenters. The fourth-order valence-corrected chi connectivity index (χ4v) is 2.04. The van der Waals surface area contributed by atoms with Crippen molar-refractivity contribution in [2.24, 2.45) is 7.05 Å². The third kappa shape index (κ3) is 2.79. The van der Waals surface area contributed by atoms with Gasteiger partial charge in [-0.3, -0.25) is 9.59 Å². The average molecular weight is 271 g/mol. The fourth-order valence-electron chi connectivity index (χ4n) is 2.04. The van der Waals surface area contributed by atoms with Crippen molar-refractivity contribution in [3.63, 3.8) is 0 Å². The van der Waals surface area contributed by atoms with Crippen LogP contribution in [0.15, 0.2) is 41.2 Å². The number of ether oxygens (including phenoxy) is 1. The minimum Gasteiger partial charge on any atom is -0.491 e. The first-order chi connectivity index (χ1) is 9.52. The maximum atomic E-state index is 12.0. The Hall–Kier alpha value is -2.36. The van der Waals surface area contributed by atoms with Crippen LogP contribution < -0.4 is 10.3 Å². The van der Waals surface area contributed by atoms with Gasteiger partial charge in [0, 0.05) is 12.6 Å². The van der Waals surface area contributed by atoms with E-state index in [-0.39, 0.29) is 17.2 Å². The van der Waals surface area contributed by atoms with Crippen LogP contribution in [0.4, 0.5) is 0 Å². The third-order valence-corrected chi connectivity index (χ3v) is 2.96. The molecule has 0 aliphatic rings. The van der Waals surface area contributed by atoms with Gasteiger partial charge in [0.15, 0.2) is 6.29 Å². The van der Waals surface area contributed by atoms with Gasteiger partial charge in [0.2, 0.25) is 0 Å². The van der Waals surface area contributed by atoms with Gasteiger partial charge in [-0.1, -0.05) is 12.1 Å². The van der Waals surface area contributed by atoms with Gasteiger partial charge in [-0.15, -0.1) is 0 Å². The van der Waals surface area contributed by atoms with Crippen molar-refractivity contribution < 1.29 is 9.53 Å². The number of carbonyl (C=O) groups is 1.